The van der Waals surface area contributed by atoms with Gasteiger partial charge in [0.05, 0.1) is 12.7 Å². The highest BCUT2D eigenvalue weighted by Crippen LogP contribution is 2.12. The molecule has 0 aliphatic carbocycles. The molecule has 0 amide bonds. The van der Waals surface area contributed by atoms with Crippen LogP contribution in [0.15, 0.2) is 24.8 Å². The van der Waals surface area contributed by atoms with Gasteiger partial charge in [-0.15, -0.1) is 11.8 Å². The van der Waals surface area contributed by atoms with E-state index in [1.807, 2.05) is 39.2 Å². The van der Waals surface area contributed by atoms with E-state index in [-0.39, 0.29) is 25.2 Å². The lowest BCUT2D eigenvalue weighted by atomic mass is 10.0. The fourth-order valence-corrected chi connectivity index (χ4v) is 3.61. The standard InChI is InChI=1S/C26H50N2O7S/c1-6-7-8-9-10-13-16-34-18-22(30)24(32)23(31)21(29)17-27-15-12-11-14-20(28-19-36-5)25(33)35-26(2,3)4/h6-8,20-24,27-32H,1,9-19H2,2-5H3/b8-7-. The first-order chi connectivity index (χ1) is 17.0. The van der Waals surface area contributed by atoms with E-state index in [4.69, 9.17) is 9.47 Å². The van der Waals surface area contributed by atoms with Crippen LogP contribution in [0.4, 0.5) is 0 Å². The van der Waals surface area contributed by atoms with Crippen LogP contribution in [0.1, 0.15) is 59.3 Å². The van der Waals surface area contributed by atoms with Crippen molar-refractivity contribution in [2.24, 2.45) is 0 Å². The molecule has 0 heterocycles. The van der Waals surface area contributed by atoms with E-state index in [1.165, 1.54) is 0 Å². The van der Waals surface area contributed by atoms with Gasteiger partial charge in [-0.05, 0) is 65.7 Å². The van der Waals surface area contributed by atoms with Crippen LogP contribution in [-0.4, -0.2) is 101 Å². The summed E-state index contributed by atoms with van der Waals surface area (Å²) in [5, 5.41) is 46.7. The molecule has 0 aromatic carbocycles. The number of nitrogens with one attached hydrogen (secondary N) is 2. The lowest BCUT2D eigenvalue weighted by Crippen LogP contribution is -2.49. The highest BCUT2D eigenvalue weighted by molar-refractivity contribution is 7.98. The highest BCUT2D eigenvalue weighted by atomic mass is 32.2. The van der Waals surface area contributed by atoms with Crippen molar-refractivity contribution in [1.29, 1.82) is 0 Å². The summed E-state index contributed by atoms with van der Waals surface area (Å²) >= 11 is 1.60. The summed E-state index contributed by atoms with van der Waals surface area (Å²) in [5.41, 5.74) is -0.540. The first kappa shape index (κ1) is 35.0. The van der Waals surface area contributed by atoms with Gasteiger partial charge in [-0.2, -0.15) is 0 Å². The zero-order valence-corrected chi connectivity index (χ0v) is 23.3. The van der Waals surface area contributed by atoms with Gasteiger partial charge in [-0.3, -0.25) is 10.1 Å². The quantitative estimate of drug-likeness (QED) is 0.0527. The molecular formula is C26H50N2O7S. The number of unbranched alkanes of at least 4 members (excludes halogenated alkanes) is 3. The maximum atomic E-state index is 12.4. The third-order valence-electron chi connectivity index (χ3n) is 5.22. The van der Waals surface area contributed by atoms with Gasteiger partial charge in [0.2, 0.25) is 0 Å². The smallest absolute Gasteiger partial charge is 0.323 e. The molecule has 0 aromatic rings. The molecule has 0 rings (SSSR count). The number of rotatable bonds is 22. The Morgan fingerprint density at radius 1 is 1.06 bits per heavy atom. The lowest BCUT2D eigenvalue weighted by molar-refractivity contribution is -0.157. The molecule has 5 atom stereocenters. The Morgan fingerprint density at radius 3 is 2.39 bits per heavy atom. The van der Waals surface area contributed by atoms with Crippen LogP contribution >= 0.6 is 11.8 Å². The van der Waals surface area contributed by atoms with Gasteiger partial charge in [-0.1, -0.05) is 31.2 Å². The largest absolute Gasteiger partial charge is 0.459 e. The molecule has 36 heavy (non-hydrogen) atoms. The molecule has 6 N–H and O–H groups in total. The zero-order chi connectivity index (χ0) is 27.4. The van der Waals surface area contributed by atoms with E-state index in [9.17, 15) is 25.2 Å². The summed E-state index contributed by atoms with van der Waals surface area (Å²) in [6, 6.07) is -0.378. The van der Waals surface area contributed by atoms with Crippen molar-refractivity contribution in [3.63, 3.8) is 0 Å². The van der Waals surface area contributed by atoms with Crippen LogP contribution in [0.25, 0.3) is 0 Å². The maximum Gasteiger partial charge on any atom is 0.323 e. The van der Waals surface area contributed by atoms with Crippen molar-refractivity contribution in [1.82, 2.24) is 10.6 Å². The lowest BCUT2D eigenvalue weighted by Gasteiger charge is -2.26. The second kappa shape index (κ2) is 21.0. The average Bonchev–Trinajstić information content (AvgIpc) is 2.82. The fourth-order valence-electron chi connectivity index (χ4n) is 3.25. The number of ether oxygens (including phenoxy) is 2. The monoisotopic (exact) mass is 534 g/mol. The molecule has 0 aliphatic rings. The van der Waals surface area contributed by atoms with Crippen LogP contribution in [0, 0.1) is 0 Å². The van der Waals surface area contributed by atoms with Gasteiger partial charge in [0, 0.05) is 19.0 Å². The van der Waals surface area contributed by atoms with Gasteiger partial charge in [0.25, 0.3) is 0 Å². The Morgan fingerprint density at radius 2 is 1.75 bits per heavy atom. The molecule has 9 nitrogen and oxygen atoms in total. The van der Waals surface area contributed by atoms with E-state index in [2.05, 4.69) is 17.2 Å². The first-order valence-corrected chi connectivity index (χ1v) is 14.2. The molecule has 0 spiro atoms. The molecule has 10 heteroatoms. The number of hydrogen-bond acceptors (Lipinski definition) is 10. The second-order valence-corrected chi connectivity index (χ2v) is 10.6. The molecule has 212 valence electrons. The Balaban J connectivity index is 4.13. The van der Waals surface area contributed by atoms with Crippen molar-refractivity contribution < 1.29 is 34.7 Å². The summed E-state index contributed by atoms with van der Waals surface area (Å²) in [4.78, 5) is 12.4. The van der Waals surface area contributed by atoms with E-state index in [0.717, 1.165) is 32.1 Å². The SMILES string of the molecule is C=C/C=C\CCCCOCC(O)C(O)C(O)C(O)CNCCCCC(NCSC)C(=O)OC(C)(C)C. The number of esters is 1. The minimum absolute atomic E-state index is 0.0598. The minimum atomic E-state index is -1.52. The number of carbonyl (C=O) groups excluding carboxylic acids is 1. The number of allylic oxidation sites excluding steroid dienone is 3. The number of carbonyl (C=O) groups is 1. The van der Waals surface area contributed by atoms with Crippen LogP contribution in [0.5, 0.6) is 0 Å². The highest BCUT2D eigenvalue weighted by Gasteiger charge is 2.30. The summed E-state index contributed by atoms with van der Waals surface area (Å²) in [6.07, 6.45) is 6.81. The van der Waals surface area contributed by atoms with Gasteiger partial charge in [-0.25, -0.2) is 0 Å². The van der Waals surface area contributed by atoms with Crippen molar-refractivity contribution in [2.45, 2.75) is 95.4 Å². The van der Waals surface area contributed by atoms with Crippen LogP contribution in [-0.2, 0) is 14.3 Å². The molecule has 0 aromatic heterocycles. The van der Waals surface area contributed by atoms with Crippen LogP contribution in [0.2, 0.25) is 0 Å². The van der Waals surface area contributed by atoms with Crippen LogP contribution in [0.3, 0.4) is 0 Å². The number of hydrogen-bond donors (Lipinski definition) is 6. The third-order valence-corrected chi connectivity index (χ3v) is 5.68. The van der Waals surface area contributed by atoms with Crippen molar-refractivity contribution in [3.8, 4) is 0 Å². The fraction of sp³-hybridized carbons (Fsp3) is 0.808. The van der Waals surface area contributed by atoms with Crippen molar-refractivity contribution in [2.75, 3.05) is 38.4 Å². The van der Waals surface area contributed by atoms with E-state index >= 15 is 0 Å². The Kier molecular flexibility index (Phi) is 20.4. The molecule has 0 aliphatic heterocycles. The number of thioether (sulfide) groups is 1. The van der Waals surface area contributed by atoms with Crippen molar-refractivity contribution >= 4 is 17.7 Å². The predicted octanol–water partition coefficient (Wildman–Crippen LogP) is 1.74. The summed E-state index contributed by atoms with van der Waals surface area (Å²) in [5.74, 6) is 0.388. The van der Waals surface area contributed by atoms with E-state index < -0.39 is 30.0 Å². The maximum absolute atomic E-state index is 12.4. The summed E-state index contributed by atoms with van der Waals surface area (Å²) in [6.45, 7) is 10.1. The number of aliphatic hydroxyl groups is 4. The Bertz CT molecular complexity index is 601. The Labute approximate surface area is 221 Å². The summed E-state index contributed by atoms with van der Waals surface area (Å²) < 4.78 is 10.8. The van der Waals surface area contributed by atoms with E-state index in [0.29, 0.717) is 25.4 Å². The predicted molar refractivity (Wildman–Crippen MR) is 146 cm³/mol. The average molecular weight is 535 g/mol. The topological polar surface area (TPSA) is 141 Å². The third kappa shape index (κ3) is 18.3. The van der Waals surface area contributed by atoms with Crippen molar-refractivity contribution in [3.05, 3.63) is 24.8 Å². The molecule has 5 unspecified atom stereocenters. The Hall–Kier alpha value is -0.980. The first-order valence-electron chi connectivity index (χ1n) is 12.8. The molecular weight excluding hydrogens is 484 g/mol. The number of aliphatic hydroxyl groups excluding tert-OH is 4. The molecule has 0 saturated carbocycles. The molecule has 0 radical (unpaired) electrons. The van der Waals surface area contributed by atoms with Gasteiger partial charge < -0.3 is 35.2 Å². The summed E-state index contributed by atoms with van der Waals surface area (Å²) in [7, 11) is 0. The molecule has 0 bridgehead atoms. The molecule has 0 fully saturated rings. The normalized spacial score (nSPS) is 16.4. The molecule has 0 saturated heterocycles. The van der Waals surface area contributed by atoms with Gasteiger partial charge in [0.15, 0.2) is 0 Å². The zero-order valence-electron chi connectivity index (χ0n) is 22.5. The van der Waals surface area contributed by atoms with Gasteiger partial charge in [0.1, 0.15) is 30.0 Å². The van der Waals surface area contributed by atoms with Crippen LogP contribution < -0.4 is 10.6 Å². The van der Waals surface area contributed by atoms with Gasteiger partial charge >= 0.3 is 5.97 Å². The van der Waals surface area contributed by atoms with E-state index in [1.54, 1.807) is 17.8 Å². The minimum Gasteiger partial charge on any atom is -0.459 e. The second-order valence-electron chi connectivity index (χ2n) is 9.77.